The fraction of sp³-hybridized carbons (Fsp3) is 0.800. The molecule has 2 amide bonds. The Morgan fingerprint density at radius 2 is 1.70 bits per heavy atom. The quantitative estimate of drug-likeness (QED) is 0.377. The Hall–Kier alpha value is -2.25. The van der Waals surface area contributed by atoms with Gasteiger partial charge in [-0.25, -0.2) is 0 Å². The van der Waals surface area contributed by atoms with Gasteiger partial charge in [-0.1, -0.05) is 54.9 Å². The summed E-state index contributed by atoms with van der Waals surface area (Å²) in [6, 6.07) is -0.800. The standard InChI is InChI=1S/C25H42N2O6/c1-15(2)18(13-20(29)33-14-25(5,6)7)23(31)27-21(16(3)4)19(28)12-17-10-8-9-11-26-24(32)22(17)30/h15-18,21H,8-14H2,1-7H3,(H,26,32)(H,27,31). The molecule has 0 aromatic rings. The summed E-state index contributed by atoms with van der Waals surface area (Å²) in [6.07, 6.45) is 1.82. The molecule has 33 heavy (non-hydrogen) atoms. The van der Waals surface area contributed by atoms with Crippen LogP contribution in [0.15, 0.2) is 0 Å². The lowest BCUT2D eigenvalue weighted by Gasteiger charge is -2.27. The molecule has 0 aliphatic carbocycles. The molecule has 3 atom stereocenters. The van der Waals surface area contributed by atoms with Crippen molar-refractivity contribution < 1.29 is 28.7 Å². The van der Waals surface area contributed by atoms with Gasteiger partial charge in [-0.15, -0.1) is 0 Å². The molecule has 0 radical (unpaired) electrons. The van der Waals surface area contributed by atoms with E-state index in [1.165, 1.54) is 0 Å². The van der Waals surface area contributed by atoms with Crippen LogP contribution in [0.25, 0.3) is 0 Å². The Bertz CT molecular complexity index is 723. The minimum absolute atomic E-state index is 0.0696. The third kappa shape index (κ3) is 10.0. The van der Waals surface area contributed by atoms with Crippen molar-refractivity contribution in [3.8, 4) is 0 Å². The van der Waals surface area contributed by atoms with E-state index in [4.69, 9.17) is 4.74 Å². The molecule has 8 heteroatoms. The second-order valence-electron chi connectivity index (χ2n) is 11.0. The van der Waals surface area contributed by atoms with E-state index in [-0.39, 0.29) is 48.4 Å². The zero-order valence-electron chi connectivity index (χ0n) is 21.3. The molecule has 1 heterocycles. The van der Waals surface area contributed by atoms with E-state index in [1.54, 1.807) is 0 Å². The molecule has 2 N–H and O–H groups in total. The molecule has 1 aliphatic heterocycles. The van der Waals surface area contributed by atoms with Gasteiger partial charge in [0.2, 0.25) is 11.7 Å². The second-order valence-corrected chi connectivity index (χ2v) is 11.0. The average molecular weight is 467 g/mol. The van der Waals surface area contributed by atoms with Gasteiger partial charge >= 0.3 is 5.97 Å². The summed E-state index contributed by atoms with van der Waals surface area (Å²) >= 11 is 0. The number of hydrogen-bond donors (Lipinski definition) is 2. The number of carbonyl (C=O) groups excluding carboxylic acids is 5. The number of nitrogens with one attached hydrogen (secondary N) is 2. The summed E-state index contributed by atoms with van der Waals surface area (Å²) < 4.78 is 5.32. The van der Waals surface area contributed by atoms with Crippen molar-refractivity contribution in [3.63, 3.8) is 0 Å². The van der Waals surface area contributed by atoms with E-state index < -0.39 is 35.5 Å². The average Bonchev–Trinajstić information content (AvgIpc) is 2.70. The number of rotatable bonds is 10. The van der Waals surface area contributed by atoms with Crippen LogP contribution in [-0.2, 0) is 28.7 Å². The van der Waals surface area contributed by atoms with Crippen LogP contribution in [0.4, 0.5) is 0 Å². The lowest BCUT2D eigenvalue weighted by Crippen LogP contribution is -2.49. The number of esters is 1. The molecule has 1 aliphatic rings. The molecule has 0 spiro atoms. The molecular formula is C25H42N2O6. The lowest BCUT2D eigenvalue weighted by molar-refractivity contribution is -0.150. The predicted molar refractivity (Wildman–Crippen MR) is 125 cm³/mol. The molecule has 8 nitrogen and oxygen atoms in total. The van der Waals surface area contributed by atoms with Crippen molar-refractivity contribution in [1.82, 2.24) is 10.6 Å². The number of hydrogen-bond acceptors (Lipinski definition) is 6. The number of amides is 2. The highest BCUT2D eigenvalue weighted by atomic mass is 16.5. The van der Waals surface area contributed by atoms with Crippen molar-refractivity contribution in [3.05, 3.63) is 0 Å². The van der Waals surface area contributed by atoms with Gasteiger partial charge in [-0.05, 0) is 30.1 Å². The molecule has 1 rings (SSSR count). The Kier molecular flexibility index (Phi) is 11.2. The molecular weight excluding hydrogens is 424 g/mol. The third-order valence-electron chi connectivity index (χ3n) is 5.81. The first-order valence-corrected chi connectivity index (χ1v) is 12.0. The van der Waals surface area contributed by atoms with Crippen LogP contribution in [0.1, 0.15) is 80.6 Å². The van der Waals surface area contributed by atoms with Gasteiger partial charge in [0.1, 0.15) is 0 Å². The van der Waals surface area contributed by atoms with Crippen LogP contribution in [0.3, 0.4) is 0 Å². The van der Waals surface area contributed by atoms with Crippen molar-refractivity contribution in [2.24, 2.45) is 29.1 Å². The fourth-order valence-corrected chi connectivity index (χ4v) is 3.73. The maximum atomic E-state index is 13.1. The van der Waals surface area contributed by atoms with Crippen LogP contribution in [0.5, 0.6) is 0 Å². The number of carbonyl (C=O) groups is 5. The van der Waals surface area contributed by atoms with Gasteiger partial charge in [0.05, 0.1) is 25.0 Å². The first-order chi connectivity index (χ1) is 15.2. The summed E-state index contributed by atoms with van der Waals surface area (Å²) in [7, 11) is 0. The van der Waals surface area contributed by atoms with Crippen LogP contribution in [0.2, 0.25) is 0 Å². The van der Waals surface area contributed by atoms with Crippen LogP contribution < -0.4 is 10.6 Å². The minimum atomic E-state index is -0.800. The number of ketones is 2. The van der Waals surface area contributed by atoms with E-state index in [9.17, 15) is 24.0 Å². The van der Waals surface area contributed by atoms with E-state index in [0.717, 1.165) is 12.8 Å². The molecule has 1 saturated heterocycles. The third-order valence-corrected chi connectivity index (χ3v) is 5.81. The van der Waals surface area contributed by atoms with Crippen molar-refractivity contribution in [1.29, 1.82) is 0 Å². The summed E-state index contributed by atoms with van der Waals surface area (Å²) in [5, 5.41) is 5.38. The fourth-order valence-electron chi connectivity index (χ4n) is 3.73. The van der Waals surface area contributed by atoms with E-state index in [1.807, 2.05) is 48.5 Å². The second kappa shape index (κ2) is 12.8. The topological polar surface area (TPSA) is 119 Å². The predicted octanol–water partition coefficient (Wildman–Crippen LogP) is 2.82. The van der Waals surface area contributed by atoms with Gasteiger partial charge in [-0.3, -0.25) is 24.0 Å². The molecule has 0 aromatic heterocycles. The number of ether oxygens (including phenoxy) is 1. The van der Waals surface area contributed by atoms with Crippen molar-refractivity contribution in [2.45, 2.75) is 86.6 Å². The van der Waals surface area contributed by atoms with Gasteiger partial charge in [0.25, 0.3) is 5.91 Å². The molecule has 188 valence electrons. The Morgan fingerprint density at radius 3 is 2.24 bits per heavy atom. The zero-order valence-corrected chi connectivity index (χ0v) is 21.3. The molecule has 0 bridgehead atoms. The van der Waals surface area contributed by atoms with Crippen LogP contribution in [0, 0.1) is 29.1 Å². The number of Topliss-reactive ketones (excluding diaryl/α,β-unsaturated/α-hetero) is 2. The zero-order chi connectivity index (χ0) is 25.3. The highest BCUT2D eigenvalue weighted by Gasteiger charge is 2.34. The summed E-state index contributed by atoms with van der Waals surface area (Å²) in [5.41, 5.74) is -0.175. The van der Waals surface area contributed by atoms with Gasteiger partial charge in [0.15, 0.2) is 5.78 Å². The smallest absolute Gasteiger partial charge is 0.306 e. The lowest BCUT2D eigenvalue weighted by atomic mass is 9.85. The van der Waals surface area contributed by atoms with E-state index in [0.29, 0.717) is 13.0 Å². The van der Waals surface area contributed by atoms with Gasteiger partial charge < -0.3 is 15.4 Å². The highest BCUT2D eigenvalue weighted by Crippen LogP contribution is 2.22. The summed E-state index contributed by atoms with van der Waals surface area (Å²) in [6.45, 7) is 13.9. The van der Waals surface area contributed by atoms with Crippen molar-refractivity contribution in [2.75, 3.05) is 13.2 Å². The first-order valence-electron chi connectivity index (χ1n) is 12.0. The largest absolute Gasteiger partial charge is 0.465 e. The van der Waals surface area contributed by atoms with Crippen molar-refractivity contribution >= 4 is 29.4 Å². The van der Waals surface area contributed by atoms with E-state index >= 15 is 0 Å². The first kappa shape index (κ1) is 28.8. The molecule has 1 fully saturated rings. The normalized spacial score (nSPS) is 19.4. The van der Waals surface area contributed by atoms with Gasteiger partial charge in [0, 0.05) is 18.9 Å². The SMILES string of the molecule is CC(C)C(CC(=O)OCC(C)(C)C)C(=O)NC(C(=O)CC1CCCCNC(=O)C1=O)C(C)C. The highest BCUT2D eigenvalue weighted by molar-refractivity contribution is 6.37. The Morgan fingerprint density at radius 1 is 1.06 bits per heavy atom. The molecule has 0 aromatic carbocycles. The monoisotopic (exact) mass is 466 g/mol. The molecule has 3 unspecified atom stereocenters. The molecule has 0 saturated carbocycles. The Balaban J connectivity index is 2.85. The van der Waals surface area contributed by atoms with Crippen LogP contribution >= 0.6 is 0 Å². The van der Waals surface area contributed by atoms with Crippen LogP contribution in [-0.4, -0.2) is 48.5 Å². The van der Waals surface area contributed by atoms with E-state index in [2.05, 4.69) is 10.6 Å². The summed E-state index contributed by atoms with van der Waals surface area (Å²) in [5.74, 6) is -3.98. The summed E-state index contributed by atoms with van der Waals surface area (Å²) in [4.78, 5) is 62.8. The van der Waals surface area contributed by atoms with Gasteiger partial charge in [-0.2, -0.15) is 0 Å². The maximum absolute atomic E-state index is 13.1. The maximum Gasteiger partial charge on any atom is 0.306 e. The Labute approximate surface area is 198 Å². The minimum Gasteiger partial charge on any atom is -0.465 e.